The summed E-state index contributed by atoms with van der Waals surface area (Å²) in [6.07, 6.45) is 7.41. The van der Waals surface area contributed by atoms with Crippen molar-refractivity contribution < 1.29 is 9.31 Å². The van der Waals surface area contributed by atoms with E-state index in [0.29, 0.717) is 11.3 Å². The molecule has 2 aliphatic carbocycles. The highest BCUT2D eigenvalue weighted by atomic mass is 16.7. The Kier molecular flexibility index (Phi) is 3.69. The molecule has 1 unspecified atom stereocenters. The zero-order valence-electron chi connectivity index (χ0n) is 15.4. The average Bonchev–Trinajstić information content (AvgIpc) is 2.56. The van der Waals surface area contributed by atoms with Crippen LogP contribution in [0.15, 0.2) is 22.7 Å². The van der Waals surface area contributed by atoms with Crippen molar-refractivity contribution in [2.45, 2.75) is 85.4 Å². The van der Waals surface area contributed by atoms with Gasteiger partial charge in [0.15, 0.2) is 0 Å². The maximum atomic E-state index is 6.29. The molecule has 22 heavy (non-hydrogen) atoms. The van der Waals surface area contributed by atoms with E-state index in [9.17, 15) is 0 Å². The lowest BCUT2D eigenvalue weighted by Gasteiger charge is -2.39. The maximum absolute atomic E-state index is 6.29. The molecule has 0 amide bonds. The number of allylic oxidation sites excluding steroid dienone is 4. The van der Waals surface area contributed by atoms with Gasteiger partial charge in [0.05, 0.1) is 11.2 Å². The molecule has 3 heteroatoms. The quantitative estimate of drug-likeness (QED) is 0.628. The molecule has 0 aromatic heterocycles. The molecule has 1 saturated heterocycles. The van der Waals surface area contributed by atoms with E-state index in [2.05, 4.69) is 54.5 Å². The molecule has 3 rings (SSSR count). The summed E-state index contributed by atoms with van der Waals surface area (Å²) in [5.41, 5.74) is 4.35. The second-order valence-corrected chi connectivity index (χ2v) is 9.30. The van der Waals surface area contributed by atoms with Gasteiger partial charge in [-0.2, -0.15) is 0 Å². The molecule has 1 atom stereocenters. The molecular weight excluding hydrogens is 271 g/mol. The highest BCUT2D eigenvalue weighted by Crippen LogP contribution is 2.48. The summed E-state index contributed by atoms with van der Waals surface area (Å²) in [6, 6.07) is 0. The van der Waals surface area contributed by atoms with Gasteiger partial charge in [-0.15, -0.1) is 0 Å². The van der Waals surface area contributed by atoms with Gasteiger partial charge in [0.1, 0.15) is 0 Å². The van der Waals surface area contributed by atoms with Crippen molar-refractivity contribution in [3.05, 3.63) is 22.7 Å². The predicted octanol–water partition coefficient (Wildman–Crippen LogP) is 5.09. The van der Waals surface area contributed by atoms with Crippen LogP contribution in [0.25, 0.3) is 0 Å². The number of rotatable bonds is 1. The topological polar surface area (TPSA) is 18.5 Å². The molecule has 1 saturated carbocycles. The molecule has 122 valence electrons. The van der Waals surface area contributed by atoms with Crippen LogP contribution in [0.5, 0.6) is 0 Å². The van der Waals surface area contributed by atoms with Crippen LogP contribution < -0.4 is 0 Å². The molecule has 1 aliphatic heterocycles. The second-order valence-electron chi connectivity index (χ2n) is 9.30. The average molecular weight is 302 g/mol. The molecule has 0 aromatic rings. The minimum atomic E-state index is -0.247. The Bertz CT molecular complexity index is 524. The Morgan fingerprint density at radius 2 is 1.64 bits per heavy atom. The summed E-state index contributed by atoms with van der Waals surface area (Å²) in [5.74, 6) is 0.700. The Morgan fingerprint density at radius 1 is 1.05 bits per heavy atom. The van der Waals surface area contributed by atoms with Crippen LogP contribution in [0.4, 0.5) is 0 Å². The summed E-state index contributed by atoms with van der Waals surface area (Å²) in [6.45, 7) is 15.6. The molecule has 2 nitrogen and oxygen atoms in total. The van der Waals surface area contributed by atoms with Crippen LogP contribution in [-0.2, 0) is 9.31 Å². The number of hydrogen-bond acceptors (Lipinski definition) is 2. The van der Waals surface area contributed by atoms with E-state index in [-0.39, 0.29) is 18.3 Å². The minimum Gasteiger partial charge on any atom is -0.400 e. The van der Waals surface area contributed by atoms with Gasteiger partial charge in [0, 0.05) is 0 Å². The largest absolute Gasteiger partial charge is 0.490 e. The fourth-order valence-electron chi connectivity index (χ4n) is 4.00. The van der Waals surface area contributed by atoms with Crippen LogP contribution in [0, 0.1) is 11.3 Å². The van der Waals surface area contributed by atoms with E-state index < -0.39 is 0 Å². The normalized spacial score (nSPS) is 32.8. The smallest absolute Gasteiger partial charge is 0.400 e. The fourth-order valence-corrected chi connectivity index (χ4v) is 4.00. The molecule has 1 heterocycles. The molecule has 0 spiro atoms. The van der Waals surface area contributed by atoms with Gasteiger partial charge in [-0.05, 0) is 77.1 Å². The first-order chi connectivity index (χ1) is 10.0. The summed E-state index contributed by atoms with van der Waals surface area (Å²) in [4.78, 5) is 0. The molecule has 0 bridgehead atoms. The first-order valence-corrected chi connectivity index (χ1v) is 8.77. The van der Waals surface area contributed by atoms with Crippen molar-refractivity contribution in [3.63, 3.8) is 0 Å². The lowest BCUT2D eigenvalue weighted by atomic mass is 9.61. The molecule has 0 N–H and O–H groups in total. The standard InChI is InChI=1S/C19H31BO2/c1-13-10-15-12-17(2,3)9-8-14(15)11-16(13)20-21-18(4,5)19(6,7)22-20/h10,14H,8-9,11-12H2,1-7H3. The third-order valence-electron chi connectivity index (χ3n) is 6.29. The van der Waals surface area contributed by atoms with Gasteiger partial charge < -0.3 is 9.31 Å². The van der Waals surface area contributed by atoms with Gasteiger partial charge in [0.2, 0.25) is 0 Å². The maximum Gasteiger partial charge on any atom is 0.490 e. The number of fused-ring (bicyclic) bond motifs is 1. The Hall–Kier alpha value is -0.535. The summed E-state index contributed by atoms with van der Waals surface area (Å²) >= 11 is 0. The highest BCUT2D eigenvalue weighted by Gasteiger charge is 2.53. The zero-order valence-corrected chi connectivity index (χ0v) is 15.4. The minimum absolute atomic E-state index is 0.169. The second kappa shape index (κ2) is 4.98. The van der Waals surface area contributed by atoms with E-state index in [1.165, 1.54) is 30.3 Å². The molecular formula is C19H31BO2. The van der Waals surface area contributed by atoms with E-state index in [1.54, 1.807) is 5.57 Å². The third kappa shape index (κ3) is 2.71. The Morgan fingerprint density at radius 3 is 2.23 bits per heavy atom. The van der Waals surface area contributed by atoms with Crippen LogP contribution in [0.2, 0.25) is 0 Å². The number of hydrogen-bond donors (Lipinski definition) is 0. The van der Waals surface area contributed by atoms with Crippen molar-refractivity contribution in [1.82, 2.24) is 0 Å². The van der Waals surface area contributed by atoms with Crippen LogP contribution in [-0.4, -0.2) is 18.3 Å². The van der Waals surface area contributed by atoms with Crippen LogP contribution in [0.3, 0.4) is 0 Å². The van der Waals surface area contributed by atoms with Crippen LogP contribution in [0.1, 0.15) is 74.1 Å². The molecule has 0 aromatic carbocycles. The van der Waals surface area contributed by atoms with E-state index in [1.807, 2.05) is 0 Å². The lowest BCUT2D eigenvalue weighted by Crippen LogP contribution is -2.41. The predicted molar refractivity (Wildman–Crippen MR) is 92.6 cm³/mol. The van der Waals surface area contributed by atoms with Crippen LogP contribution >= 0.6 is 0 Å². The van der Waals surface area contributed by atoms with Gasteiger partial charge in [0.25, 0.3) is 0 Å². The van der Waals surface area contributed by atoms with E-state index in [0.717, 1.165) is 6.42 Å². The Labute approximate surface area is 136 Å². The molecule has 0 radical (unpaired) electrons. The van der Waals surface area contributed by atoms with Crippen molar-refractivity contribution in [1.29, 1.82) is 0 Å². The Balaban J connectivity index is 1.86. The first kappa shape index (κ1) is 16.3. The third-order valence-corrected chi connectivity index (χ3v) is 6.29. The SMILES string of the molecule is CC1=C(B2OC(C)(C)C(C)(C)O2)CC2CCC(C)(C)CC2=C1. The molecule has 3 aliphatic rings. The summed E-state index contributed by atoms with van der Waals surface area (Å²) < 4.78 is 12.6. The lowest BCUT2D eigenvalue weighted by molar-refractivity contribution is 0.00578. The summed E-state index contributed by atoms with van der Waals surface area (Å²) in [5, 5.41) is 0. The van der Waals surface area contributed by atoms with Gasteiger partial charge >= 0.3 is 7.12 Å². The summed E-state index contributed by atoms with van der Waals surface area (Å²) in [7, 11) is -0.169. The van der Waals surface area contributed by atoms with E-state index >= 15 is 0 Å². The highest BCUT2D eigenvalue weighted by molar-refractivity contribution is 6.55. The zero-order chi connectivity index (χ0) is 16.3. The van der Waals surface area contributed by atoms with Crippen molar-refractivity contribution in [2.75, 3.05) is 0 Å². The van der Waals surface area contributed by atoms with E-state index in [4.69, 9.17) is 9.31 Å². The first-order valence-electron chi connectivity index (χ1n) is 8.77. The monoisotopic (exact) mass is 302 g/mol. The van der Waals surface area contributed by atoms with Crippen molar-refractivity contribution >= 4 is 7.12 Å². The van der Waals surface area contributed by atoms with Gasteiger partial charge in [-0.25, -0.2) is 0 Å². The van der Waals surface area contributed by atoms with Gasteiger partial charge in [-0.3, -0.25) is 0 Å². The van der Waals surface area contributed by atoms with Crippen molar-refractivity contribution in [2.24, 2.45) is 11.3 Å². The molecule has 2 fully saturated rings. The van der Waals surface area contributed by atoms with Gasteiger partial charge in [-0.1, -0.05) is 31.1 Å². The van der Waals surface area contributed by atoms with Crippen molar-refractivity contribution in [3.8, 4) is 0 Å². The fraction of sp³-hybridized carbons (Fsp3) is 0.789.